The van der Waals surface area contributed by atoms with Crippen molar-refractivity contribution in [3.63, 3.8) is 0 Å². The Morgan fingerprint density at radius 1 is 1.03 bits per heavy atom. The van der Waals surface area contributed by atoms with Gasteiger partial charge in [0.1, 0.15) is 5.84 Å². The number of amidine groups is 1. The van der Waals surface area contributed by atoms with Crippen LogP contribution in [0.15, 0.2) is 76.6 Å². The molecule has 1 aliphatic heterocycles. The van der Waals surface area contributed by atoms with Gasteiger partial charge in [-0.1, -0.05) is 44.2 Å². The lowest BCUT2D eigenvalue weighted by atomic mass is 10.1. The molecule has 0 saturated heterocycles. The van der Waals surface area contributed by atoms with Crippen molar-refractivity contribution in [2.75, 3.05) is 25.1 Å². The molecule has 0 atom stereocenters. The zero-order chi connectivity index (χ0) is 28.3. The van der Waals surface area contributed by atoms with Crippen molar-refractivity contribution < 1.29 is 27.7 Å². The van der Waals surface area contributed by atoms with E-state index in [1.807, 2.05) is 12.1 Å². The number of aliphatic imine (C=N–C) groups is 1. The monoisotopic (exact) mass is 550 g/mol. The maximum absolute atomic E-state index is 13.3. The predicted molar refractivity (Wildman–Crippen MR) is 144 cm³/mol. The number of ether oxygens (including phenoxy) is 1. The number of rotatable bonds is 8. The number of hydrogen-bond acceptors (Lipinski definition) is 7. The van der Waals surface area contributed by atoms with Gasteiger partial charge in [-0.05, 0) is 29.8 Å². The lowest BCUT2D eigenvalue weighted by Gasteiger charge is -2.22. The van der Waals surface area contributed by atoms with E-state index in [2.05, 4.69) is 9.73 Å². The molecule has 39 heavy (non-hydrogen) atoms. The molecule has 1 amide bonds. The van der Waals surface area contributed by atoms with E-state index in [1.165, 1.54) is 22.5 Å². The number of hydrogen-bond donors (Lipinski definition) is 0. The van der Waals surface area contributed by atoms with Gasteiger partial charge in [-0.15, -0.1) is 0 Å². The van der Waals surface area contributed by atoms with Crippen molar-refractivity contribution in [1.82, 2.24) is 4.31 Å². The Morgan fingerprint density at radius 3 is 2.38 bits per heavy atom. The van der Waals surface area contributed by atoms with Gasteiger partial charge in [0.2, 0.25) is 10.0 Å². The first kappa shape index (κ1) is 27.6. The minimum atomic E-state index is -3.74. The number of nitro groups is 1. The second kappa shape index (κ2) is 11.1. The standard InChI is InChI=1S/C27H26N4O7S/c1-4-29(5-2)39(36,37)23-11-8-10-21(16-23)30-17-18-9-6-7-12-24(18)25(30)28-26(32)19-13-20(27(33)38-3)15-22(14-19)31(34)35/h6-16H,4-5,17H2,1-3H3. The van der Waals surface area contributed by atoms with Gasteiger partial charge in [0.15, 0.2) is 0 Å². The minimum absolute atomic E-state index is 0.103. The Labute approximate surface area is 225 Å². The number of carbonyl (C=O) groups is 2. The Morgan fingerprint density at radius 2 is 1.72 bits per heavy atom. The number of non-ortho nitro benzene ring substituents is 1. The topological polar surface area (TPSA) is 139 Å². The molecule has 3 aromatic rings. The van der Waals surface area contributed by atoms with Gasteiger partial charge in [-0.25, -0.2) is 13.2 Å². The molecule has 1 aliphatic rings. The maximum Gasteiger partial charge on any atom is 0.338 e. The Bertz CT molecular complexity index is 1600. The lowest BCUT2D eigenvalue weighted by molar-refractivity contribution is -0.384. The van der Waals surface area contributed by atoms with E-state index < -0.39 is 32.5 Å². The summed E-state index contributed by atoms with van der Waals surface area (Å²) in [6.07, 6.45) is 0. The molecular formula is C27H26N4O7S. The largest absolute Gasteiger partial charge is 0.465 e. The zero-order valence-corrected chi connectivity index (χ0v) is 22.3. The summed E-state index contributed by atoms with van der Waals surface area (Å²) in [5.74, 6) is -1.40. The first-order valence-electron chi connectivity index (χ1n) is 12.1. The van der Waals surface area contributed by atoms with Crippen LogP contribution in [-0.4, -0.2) is 55.6 Å². The molecule has 0 radical (unpaired) electrons. The van der Waals surface area contributed by atoms with Crippen molar-refractivity contribution in [3.05, 3.63) is 99.1 Å². The molecule has 12 heteroatoms. The highest BCUT2D eigenvalue weighted by molar-refractivity contribution is 7.89. The number of sulfonamides is 1. The molecule has 3 aromatic carbocycles. The van der Waals surface area contributed by atoms with E-state index in [0.29, 0.717) is 30.9 Å². The summed E-state index contributed by atoms with van der Waals surface area (Å²) in [5, 5.41) is 11.4. The van der Waals surface area contributed by atoms with Gasteiger partial charge in [-0.2, -0.15) is 9.30 Å². The second-order valence-corrected chi connectivity index (χ2v) is 10.5. The molecule has 0 bridgehead atoms. The second-order valence-electron chi connectivity index (χ2n) is 8.59. The van der Waals surface area contributed by atoms with E-state index in [4.69, 9.17) is 0 Å². The van der Waals surface area contributed by atoms with Crippen LogP contribution in [0.2, 0.25) is 0 Å². The fraction of sp³-hybridized carbons (Fsp3) is 0.222. The zero-order valence-electron chi connectivity index (χ0n) is 21.5. The number of esters is 1. The van der Waals surface area contributed by atoms with Crippen LogP contribution in [0.5, 0.6) is 0 Å². The summed E-state index contributed by atoms with van der Waals surface area (Å²) in [6, 6.07) is 16.9. The van der Waals surface area contributed by atoms with Gasteiger partial charge in [0.05, 0.1) is 29.0 Å². The summed E-state index contributed by atoms with van der Waals surface area (Å²) in [4.78, 5) is 42.2. The number of nitro benzene ring substituents is 1. The van der Waals surface area contributed by atoms with Crippen molar-refractivity contribution in [2.45, 2.75) is 25.3 Å². The number of nitrogens with zero attached hydrogens (tertiary/aromatic N) is 4. The van der Waals surface area contributed by atoms with Crippen molar-refractivity contribution in [2.24, 2.45) is 4.99 Å². The van der Waals surface area contributed by atoms with E-state index in [0.717, 1.165) is 24.8 Å². The highest BCUT2D eigenvalue weighted by Gasteiger charge is 2.30. The van der Waals surface area contributed by atoms with Gasteiger partial charge >= 0.3 is 5.97 Å². The van der Waals surface area contributed by atoms with Gasteiger partial charge in [0, 0.05) is 42.0 Å². The Balaban J connectivity index is 1.81. The van der Waals surface area contributed by atoms with E-state index in [9.17, 15) is 28.1 Å². The van der Waals surface area contributed by atoms with Crippen LogP contribution < -0.4 is 4.90 Å². The minimum Gasteiger partial charge on any atom is -0.465 e. The molecule has 0 N–H and O–H groups in total. The summed E-state index contributed by atoms with van der Waals surface area (Å²) in [6.45, 7) is 4.47. The predicted octanol–water partition coefficient (Wildman–Crippen LogP) is 4.02. The molecule has 0 unspecified atom stereocenters. The van der Waals surface area contributed by atoms with Crippen LogP contribution in [0, 0.1) is 10.1 Å². The third-order valence-electron chi connectivity index (χ3n) is 6.32. The molecule has 1 heterocycles. The SMILES string of the molecule is CCN(CC)S(=O)(=O)c1cccc(N2Cc3ccccc3C2=NC(=O)c2cc(C(=O)OC)cc([N+](=O)[O-])c2)c1. The quantitative estimate of drug-likeness (QED) is 0.233. The fourth-order valence-corrected chi connectivity index (χ4v) is 5.86. The average molecular weight is 551 g/mol. The molecule has 0 fully saturated rings. The molecule has 11 nitrogen and oxygen atoms in total. The first-order valence-corrected chi connectivity index (χ1v) is 13.5. The average Bonchev–Trinajstić information content (AvgIpc) is 3.31. The van der Waals surface area contributed by atoms with Crippen LogP contribution in [0.3, 0.4) is 0 Å². The van der Waals surface area contributed by atoms with E-state index in [-0.39, 0.29) is 21.9 Å². The maximum atomic E-state index is 13.3. The highest BCUT2D eigenvalue weighted by atomic mass is 32.2. The number of amides is 1. The third kappa shape index (κ3) is 5.42. The van der Waals surface area contributed by atoms with Crippen molar-refractivity contribution >= 4 is 39.1 Å². The van der Waals surface area contributed by atoms with Gasteiger partial charge < -0.3 is 9.64 Å². The van der Waals surface area contributed by atoms with Gasteiger partial charge in [0.25, 0.3) is 11.6 Å². The summed E-state index contributed by atoms with van der Waals surface area (Å²) in [5.41, 5.74) is 1.23. The smallest absolute Gasteiger partial charge is 0.338 e. The van der Waals surface area contributed by atoms with Crippen molar-refractivity contribution in [1.29, 1.82) is 0 Å². The van der Waals surface area contributed by atoms with Crippen LogP contribution in [0.4, 0.5) is 11.4 Å². The summed E-state index contributed by atoms with van der Waals surface area (Å²) in [7, 11) is -2.61. The Kier molecular flexibility index (Phi) is 7.88. The van der Waals surface area contributed by atoms with Gasteiger partial charge in [-0.3, -0.25) is 14.9 Å². The molecule has 0 aromatic heterocycles. The third-order valence-corrected chi connectivity index (χ3v) is 8.36. The van der Waals surface area contributed by atoms with Crippen molar-refractivity contribution in [3.8, 4) is 0 Å². The fourth-order valence-electron chi connectivity index (χ4n) is 4.36. The number of benzene rings is 3. The normalized spacial score (nSPS) is 13.9. The number of anilines is 1. The lowest BCUT2D eigenvalue weighted by Crippen LogP contribution is -2.31. The number of methoxy groups -OCH3 is 1. The summed E-state index contributed by atoms with van der Waals surface area (Å²) >= 11 is 0. The number of carbonyl (C=O) groups excluding carboxylic acids is 2. The molecule has 202 valence electrons. The van der Waals surface area contributed by atoms with E-state index >= 15 is 0 Å². The van der Waals surface area contributed by atoms with Crippen LogP contribution in [0.25, 0.3) is 0 Å². The summed E-state index contributed by atoms with van der Waals surface area (Å²) < 4.78 is 32.3. The molecule has 0 saturated carbocycles. The molecular weight excluding hydrogens is 524 g/mol. The highest BCUT2D eigenvalue weighted by Crippen LogP contribution is 2.31. The Hall–Kier alpha value is -4.42. The molecule has 0 aliphatic carbocycles. The number of fused-ring (bicyclic) bond motifs is 1. The van der Waals surface area contributed by atoms with Crippen LogP contribution in [0.1, 0.15) is 45.7 Å². The van der Waals surface area contributed by atoms with Crippen LogP contribution >= 0.6 is 0 Å². The first-order chi connectivity index (χ1) is 18.6. The molecule has 4 rings (SSSR count). The van der Waals surface area contributed by atoms with Crippen LogP contribution in [-0.2, 0) is 21.3 Å². The van der Waals surface area contributed by atoms with E-state index in [1.54, 1.807) is 43.0 Å². The molecule has 0 spiro atoms.